The van der Waals surface area contributed by atoms with Crippen LogP contribution in [0.15, 0.2) is 0 Å². The number of nitrogens with two attached hydrogens (primary N) is 1. The molecule has 2 N–H and O–H groups in total. The van der Waals surface area contributed by atoms with E-state index in [0.29, 0.717) is 5.04 Å². The van der Waals surface area contributed by atoms with E-state index < -0.39 is 8.96 Å². The maximum atomic E-state index is 6.57. The lowest BCUT2D eigenvalue weighted by atomic mass is 9.98. The van der Waals surface area contributed by atoms with Crippen LogP contribution >= 0.6 is 0 Å². The second kappa shape index (κ2) is 4.80. The molecular formula is C12H27NSi. The van der Waals surface area contributed by atoms with Crippen LogP contribution < -0.4 is 5.40 Å². The summed E-state index contributed by atoms with van der Waals surface area (Å²) in [6, 6.07) is 0. The van der Waals surface area contributed by atoms with Crippen LogP contribution in [0.3, 0.4) is 0 Å². The van der Waals surface area contributed by atoms with E-state index in [9.17, 15) is 0 Å². The van der Waals surface area contributed by atoms with Gasteiger partial charge in [0.15, 0.2) is 0 Å². The Labute approximate surface area is 91.1 Å². The average Bonchev–Trinajstić information content (AvgIpc) is 2.17. The van der Waals surface area contributed by atoms with Gasteiger partial charge in [0, 0.05) is 0 Å². The maximum Gasteiger partial charge on any atom is 0.115 e. The molecule has 0 aromatic heterocycles. The fraction of sp³-hybridized carbons (Fsp3) is 1.00. The summed E-state index contributed by atoms with van der Waals surface area (Å²) in [5, 5.41) is 7.00. The lowest BCUT2D eigenvalue weighted by Gasteiger charge is -2.40. The van der Waals surface area contributed by atoms with Crippen LogP contribution in [0.1, 0.15) is 59.8 Å². The normalized spacial score (nSPS) is 22.7. The first-order chi connectivity index (χ1) is 6.46. The predicted octanol–water partition coefficient (Wildman–Crippen LogP) is 3.44. The molecule has 1 unspecified atom stereocenters. The quantitative estimate of drug-likeness (QED) is 0.714. The van der Waals surface area contributed by atoms with Crippen molar-refractivity contribution in [3.63, 3.8) is 0 Å². The van der Waals surface area contributed by atoms with Crippen molar-refractivity contribution >= 4 is 8.96 Å². The highest BCUT2D eigenvalue weighted by atomic mass is 28.3. The summed E-state index contributed by atoms with van der Waals surface area (Å²) >= 11 is 0. The molecule has 0 bridgehead atoms. The zero-order valence-electron chi connectivity index (χ0n) is 10.3. The van der Waals surface area contributed by atoms with Gasteiger partial charge in [-0.15, -0.1) is 0 Å². The maximum absolute atomic E-state index is 6.57. The van der Waals surface area contributed by atoms with E-state index in [1.54, 1.807) is 0 Å². The van der Waals surface area contributed by atoms with Crippen LogP contribution in [0.5, 0.6) is 0 Å². The van der Waals surface area contributed by atoms with E-state index in [2.05, 4.69) is 27.7 Å². The van der Waals surface area contributed by atoms with E-state index in [1.165, 1.54) is 32.1 Å². The molecule has 1 aliphatic carbocycles. The minimum absolute atomic E-state index is 0.433. The standard InChI is InChI=1S/C12H27NSi/c1-10(2)12(3,4)14(13)11-8-6-5-7-9-11/h10-11,14H,5-9,13H2,1-4H3. The van der Waals surface area contributed by atoms with E-state index >= 15 is 0 Å². The Kier molecular flexibility index (Phi) is 4.20. The van der Waals surface area contributed by atoms with Gasteiger partial charge in [0.05, 0.1) is 0 Å². The van der Waals surface area contributed by atoms with Gasteiger partial charge in [0.2, 0.25) is 0 Å². The fourth-order valence-corrected chi connectivity index (χ4v) is 5.66. The molecule has 0 amide bonds. The van der Waals surface area contributed by atoms with Crippen molar-refractivity contribution in [2.24, 2.45) is 11.3 Å². The van der Waals surface area contributed by atoms with Crippen molar-refractivity contribution in [2.45, 2.75) is 70.4 Å². The largest absolute Gasteiger partial charge is 0.353 e. The lowest BCUT2D eigenvalue weighted by molar-refractivity contribution is 0.431. The molecule has 0 spiro atoms. The molecule has 84 valence electrons. The number of hydrogen-bond acceptors (Lipinski definition) is 1. The Balaban J connectivity index is 2.57. The molecule has 0 aromatic carbocycles. The second-order valence-corrected chi connectivity index (χ2v) is 9.38. The van der Waals surface area contributed by atoms with Gasteiger partial charge in [-0.1, -0.05) is 59.8 Å². The van der Waals surface area contributed by atoms with Crippen LogP contribution in [0.4, 0.5) is 0 Å². The van der Waals surface area contributed by atoms with Crippen molar-refractivity contribution < 1.29 is 0 Å². The van der Waals surface area contributed by atoms with Crippen LogP contribution in [0, 0.1) is 5.92 Å². The van der Waals surface area contributed by atoms with Gasteiger partial charge in [-0.05, 0) is 16.5 Å². The molecular weight excluding hydrogens is 186 g/mol. The summed E-state index contributed by atoms with van der Waals surface area (Å²) in [5.41, 5.74) is 0.918. The van der Waals surface area contributed by atoms with Gasteiger partial charge in [-0.3, -0.25) is 0 Å². The van der Waals surface area contributed by atoms with Crippen LogP contribution in [0.2, 0.25) is 10.6 Å². The number of rotatable bonds is 3. The number of hydrogen-bond donors (Lipinski definition) is 1. The first-order valence-corrected chi connectivity index (χ1v) is 8.13. The topological polar surface area (TPSA) is 26.0 Å². The molecule has 0 radical (unpaired) electrons. The molecule has 1 nitrogen and oxygen atoms in total. The van der Waals surface area contributed by atoms with Crippen LogP contribution in [0.25, 0.3) is 0 Å². The van der Waals surface area contributed by atoms with Crippen molar-refractivity contribution in [2.75, 3.05) is 0 Å². The molecule has 1 fully saturated rings. The third kappa shape index (κ3) is 2.60. The summed E-state index contributed by atoms with van der Waals surface area (Å²) in [5.74, 6) is 0.742. The van der Waals surface area contributed by atoms with Crippen molar-refractivity contribution in [1.82, 2.24) is 0 Å². The van der Waals surface area contributed by atoms with Gasteiger partial charge in [-0.25, -0.2) is 0 Å². The third-order valence-corrected chi connectivity index (χ3v) is 8.57. The minimum atomic E-state index is -1.05. The fourth-order valence-electron chi connectivity index (χ4n) is 2.49. The Morgan fingerprint density at radius 1 is 1.14 bits per heavy atom. The van der Waals surface area contributed by atoms with E-state index in [-0.39, 0.29) is 0 Å². The molecule has 0 saturated heterocycles. The van der Waals surface area contributed by atoms with Crippen molar-refractivity contribution in [3.8, 4) is 0 Å². The predicted molar refractivity (Wildman–Crippen MR) is 67.1 cm³/mol. The Bertz CT molecular complexity index is 171. The molecule has 1 aliphatic rings. The lowest BCUT2D eigenvalue weighted by Crippen LogP contribution is -2.45. The molecule has 1 saturated carbocycles. The Hall–Kier alpha value is 0.177. The van der Waals surface area contributed by atoms with Gasteiger partial charge in [-0.2, -0.15) is 0 Å². The molecule has 1 rings (SSSR count). The third-order valence-electron chi connectivity index (χ3n) is 4.50. The first-order valence-electron chi connectivity index (χ1n) is 6.22. The van der Waals surface area contributed by atoms with Gasteiger partial charge < -0.3 is 5.40 Å². The minimum Gasteiger partial charge on any atom is -0.353 e. The molecule has 0 heterocycles. The Morgan fingerprint density at radius 3 is 2.07 bits per heavy atom. The van der Waals surface area contributed by atoms with Crippen LogP contribution in [-0.2, 0) is 0 Å². The highest BCUT2D eigenvalue weighted by Gasteiger charge is 2.37. The molecule has 1 atom stereocenters. The summed E-state index contributed by atoms with van der Waals surface area (Å²) in [4.78, 5) is 0. The summed E-state index contributed by atoms with van der Waals surface area (Å²) in [6.45, 7) is 9.44. The van der Waals surface area contributed by atoms with E-state index in [1.807, 2.05) is 0 Å². The van der Waals surface area contributed by atoms with E-state index in [0.717, 1.165) is 11.5 Å². The zero-order valence-corrected chi connectivity index (χ0v) is 11.5. The summed E-state index contributed by atoms with van der Waals surface area (Å²) in [6.07, 6.45) is 7.14. The average molecular weight is 213 g/mol. The van der Waals surface area contributed by atoms with Gasteiger partial charge in [0.25, 0.3) is 0 Å². The summed E-state index contributed by atoms with van der Waals surface area (Å²) in [7, 11) is -1.05. The van der Waals surface area contributed by atoms with Gasteiger partial charge >= 0.3 is 0 Å². The van der Waals surface area contributed by atoms with Crippen molar-refractivity contribution in [3.05, 3.63) is 0 Å². The van der Waals surface area contributed by atoms with Gasteiger partial charge in [0.1, 0.15) is 8.96 Å². The Morgan fingerprint density at radius 2 is 1.64 bits per heavy atom. The highest BCUT2D eigenvalue weighted by molar-refractivity contribution is 6.60. The first kappa shape index (κ1) is 12.2. The molecule has 0 aliphatic heterocycles. The molecule has 2 heteroatoms. The second-order valence-electron chi connectivity index (χ2n) is 5.90. The molecule has 0 aromatic rings. The van der Waals surface area contributed by atoms with Crippen LogP contribution in [-0.4, -0.2) is 8.96 Å². The monoisotopic (exact) mass is 213 g/mol. The SMILES string of the molecule is CC(C)C(C)(C)[SiH](N)C1CCCCC1. The summed E-state index contributed by atoms with van der Waals surface area (Å²) < 4.78 is 0. The highest BCUT2D eigenvalue weighted by Crippen LogP contribution is 2.43. The smallest absolute Gasteiger partial charge is 0.115 e. The van der Waals surface area contributed by atoms with E-state index in [4.69, 9.17) is 5.40 Å². The van der Waals surface area contributed by atoms with Crippen molar-refractivity contribution in [1.29, 1.82) is 0 Å². The molecule has 14 heavy (non-hydrogen) atoms. The zero-order chi connectivity index (χ0) is 10.8.